The van der Waals surface area contributed by atoms with Crippen molar-refractivity contribution in [2.75, 3.05) is 20.8 Å². The van der Waals surface area contributed by atoms with Gasteiger partial charge in [-0.05, 0) is 36.6 Å². The first-order valence-corrected chi connectivity index (χ1v) is 12.8. The highest BCUT2D eigenvalue weighted by Crippen LogP contribution is 2.28. The van der Waals surface area contributed by atoms with Gasteiger partial charge in [-0.2, -0.15) is 0 Å². The van der Waals surface area contributed by atoms with Crippen molar-refractivity contribution in [1.29, 1.82) is 0 Å². The van der Waals surface area contributed by atoms with Gasteiger partial charge in [-0.3, -0.25) is 9.59 Å². The van der Waals surface area contributed by atoms with Gasteiger partial charge in [0.25, 0.3) is 5.91 Å². The van der Waals surface area contributed by atoms with E-state index in [0.29, 0.717) is 0 Å². The van der Waals surface area contributed by atoms with Gasteiger partial charge in [0.15, 0.2) is 0 Å². The molecular formula is C25H32N2O6S. The molecule has 34 heavy (non-hydrogen) atoms. The van der Waals surface area contributed by atoms with Crippen LogP contribution in [0.2, 0.25) is 0 Å². The fraction of sp³-hybridized carbons (Fsp3) is 0.440. The maximum Gasteiger partial charge on any atom is 0.310 e. The molecule has 0 spiro atoms. The number of nitrogens with zero attached hydrogens (tertiary/aromatic N) is 1. The summed E-state index contributed by atoms with van der Waals surface area (Å²) in [6.07, 6.45) is 3.54. The minimum absolute atomic E-state index is 0.0755. The van der Waals surface area contributed by atoms with Crippen LogP contribution in [0, 0.1) is 5.92 Å². The molecule has 1 amide bonds. The summed E-state index contributed by atoms with van der Waals surface area (Å²) in [5, 5.41) is 0. The Labute approximate surface area is 201 Å². The molecule has 0 saturated heterocycles. The van der Waals surface area contributed by atoms with E-state index in [2.05, 4.69) is 4.72 Å². The minimum atomic E-state index is -3.89. The van der Waals surface area contributed by atoms with E-state index in [-0.39, 0.29) is 41.2 Å². The van der Waals surface area contributed by atoms with Gasteiger partial charge in [0.05, 0.1) is 20.1 Å². The number of ether oxygens (including phenoxy) is 2. The Morgan fingerprint density at radius 1 is 1.09 bits per heavy atom. The van der Waals surface area contributed by atoms with Crippen molar-refractivity contribution in [3.63, 3.8) is 0 Å². The van der Waals surface area contributed by atoms with Crippen molar-refractivity contribution < 1.29 is 27.5 Å². The van der Waals surface area contributed by atoms with E-state index in [4.69, 9.17) is 9.47 Å². The Kier molecular flexibility index (Phi) is 8.68. The predicted molar refractivity (Wildman–Crippen MR) is 128 cm³/mol. The minimum Gasteiger partial charge on any atom is -0.495 e. The van der Waals surface area contributed by atoms with Gasteiger partial charge in [-0.25, -0.2) is 13.1 Å². The monoisotopic (exact) mass is 488 g/mol. The Balaban J connectivity index is 1.93. The van der Waals surface area contributed by atoms with E-state index < -0.39 is 21.9 Å². The zero-order chi connectivity index (χ0) is 24.7. The van der Waals surface area contributed by atoms with E-state index in [0.717, 1.165) is 31.2 Å². The van der Waals surface area contributed by atoms with Crippen molar-refractivity contribution in [1.82, 2.24) is 9.62 Å². The molecule has 9 heteroatoms. The number of sulfonamides is 1. The fourth-order valence-corrected chi connectivity index (χ4v) is 5.66. The molecule has 1 atom stereocenters. The number of rotatable bonds is 10. The number of esters is 1. The average Bonchev–Trinajstić information content (AvgIpc) is 3.35. The highest BCUT2D eigenvalue weighted by Gasteiger charge is 2.28. The number of methoxy groups -OCH3 is 2. The van der Waals surface area contributed by atoms with Crippen LogP contribution in [0.5, 0.6) is 5.75 Å². The normalized spacial score (nSPS) is 15.0. The second kappa shape index (κ2) is 11.5. The predicted octanol–water partition coefficient (Wildman–Crippen LogP) is 3.37. The molecule has 0 aromatic heterocycles. The third-order valence-corrected chi connectivity index (χ3v) is 7.52. The molecular weight excluding hydrogens is 456 g/mol. The van der Waals surface area contributed by atoms with Crippen LogP contribution in [0.3, 0.4) is 0 Å². The van der Waals surface area contributed by atoms with Crippen molar-refractivity contribution in [3.8, 4) is 5.75 Å². The third kappa shape index (κ3) is 6.36. The van der Waals surface area contributed by atoms with Gasteiger partial charge in [0.1, 0.15) is 10.6 Å². The molecule has 2 aromatic carbocycles. The van der Waals surface area contributed by atoms with Gasteiger partial charge in [0.2, 0.25) is 10.0 Å². The third-order valence-electron chi connectivity index (χ3n) is 5.98. The summed E-state index contributed by atoms with van der Waals surface area (Å²) in [6.45, 7) is 2.07. The van der Waals surface area contributed by atoms with Gasteiger partial charge in [0, 0.05) is 24.7 Å². The molecule has 1 aliphatic rings. The van der Waals surface area contributed by atoms with Crippen LogP contribution in [0.1, 0.15) is 48.5 Å². The molecule has 1 saturated carbocycles. The summed E-state index contributed by atoms with van der Waals surface area (Å²) in [5.41, 5.74) is 1.08. The van der Waals surface area contributed by atoms with Crippen LogP contribution < -0.4 is 9.46 Å². The van der Waals surface area contributed by atoms with E-state index >= 15 is 0 Å². The number of carbonyl (C=O) groups is 2. The summed E-state index contributed by atoms with van der Waals surface area (Å²) in [6, 6.07) is 13.6. The molecule has 1 aliphatic carbocycles. The number of amides is 1. The number of benzene rings is 2. The molecule has 0 bridgehead atoms. The first-order valence-electron chi connectivity index (χ1n) is 11.4. The van der Waals surface area contributed by atoms with Gasteiger partial charge >= 0.3 is 5.97 Å². The summed E-state index contributed by atoms with van der Waals surface area (Å²) < 4.78 is 39.1. The lowest BCUT2D eigenvalue weighted by Gasteiger charge is -2.26. The summed E-state index contributed by atoms with van der Waals surface area (Å²) in [4.78, 5) is 27.0. The van der Waals surface area contributed by atoms with Crippen molar-refractivity contribution in [2.45, 2.75) is 50.1 Å². The number of hydrogen-bond donors (Lipinski definition) is 1. The van der Waals surface area contributed by atoms with Crippen molar-refractivity contribution >= 4 is 21.9 Å². The lowest BCUT2D eigenvalue weighted by molar-refractivity contribution is -0.145. The van der Waals surface area contributed by atoms with Gasteiger partial charge < -0.3 is 14.4 Å². The molecule has 3 rings (SSSR count). The molecule has 1 fully saturated rings. The van der Waals surface area contributed by atoms with Crippen molar-refractivity contribution in [3.05, 3.63) is 59.7 Å². The fourth-order valence-electron chi connectivity index (χ4n) is 4.16. The Morgan fingerprint density at radius 3 is 2.38 bits per heavy atom. The first-order chi connectivity index (χ1) is 16.2. The lowest BCUT2D eigenvalue weighted by Crippen LogP contribution is -2.37. The van der Waals surface area contributed by atoms with Crippen LogP contribution in [0.25, 0.3) is 0 Å². The maximum atomic E-state index is 13.5. The summed E-state index contributed by atoms with van der Waals surface area (Å²) in [5.74, 6) is -1.20. The standard InChI is InChI=1S/C25H32N2O6S/c1-18(25(29)33-3)16-27(17-19-9-5-4-6-10-19)24(28)20-13-14-22(32-2)23(15-20)34(30,31)26-21-11-7-8-12-21/h4-6,9-10,13-15,18,21,26H,7-8,11-12,16-17H2,1-3H3. The Morgan fingerprint density at radius 2 is 1.76 bits per heavy atom. The Bertz CT molecular complexity index is 1100. The van der Waals surface area contributed by atoms with E-state index in [1.54, 1.807) is 6.92 Å². The first kappa shape index (κ1) is 25.7. The van der Waals surface area contributed by atoms with E-state index in [1.165, 1.54) is 37.3 Å². The molecule has 0 radical (unpaired) electrons. The highest BCUT2D eigenvalue weighted by atomic mass is 32.2. The van der Waals surface area contributed by atoms with E-state index in [1.807, 2.05) is 30.3 Å². The van der Waals surface area contributed by atoms with Crippen LogP contribution in [-0.4, -0.2) is 52.0 Å². The van der Waals surface area contributed by atoms with E-state index in [9.17, 15) is 18.0 Å². The molecule has 2 aromatic rings. The highest BCUT2D eigenvalue weighted by molar-refractivity contribution is 7.89. The van der Waals surface area contributed by atoms with Crippen LogP contribution in [-0.2, 0) is 26.1 Å². The molecule has 184 valence electrons. The second-order valence-corrected chi connectivity index (χ2v) is 10.2. The smallest absolute Gasteiger partial charge is 0.310 e. The summed E-state index contributed by atoms with van der Waals surface area (Å²) >= 11 is 0. The molecule has 0 heterocycles. The largest absolute Gasteiger partial charge is 0.495 e. The number of nitrogens with one attached hydrogen (secondary N) is 1. The topological polar surface area (TPSA) is 102 Å². The summed E-state index contributed by atoms with van der Waals surface area (Å²) in [7, 11) is -1.19. The van der Waals surface area contributed by atoms with Crippen molar-refractivity contribution in [2.24, 2.45) is 5.92 Å². The average molecular weight is 489 g/mol. The molecule has 0 aliphatic heterocycles. The zero-order valence-corrected chi connectivity index (χ0v) is 20.6. The van der Waals surface area contributed by atoms with Crippen LogP contribution in [0.15, 0.2) is 53.4 Å². The quantitative estimate of drug-likeness (QED) is 0.515. The van der Waals surface area contributed by atoms with Crippen LogP contribution >= 0.6 is 0 Å². The lowest BCUT2D eigenvalue weighted by atomic mass is 10.1. The maximum absolute atomic E-state index is 13.5. The molecule has 8 nitrogen and oxygen atoms in total. The van der Waals surface area contributed by atoms with Gasteiger partial charge in [-0.15, -0.1) is 0 Å². The Hall–Kier alpha value is -2.91. The van der Waals surface area contributed by atoms with Gasteiger partial charge in [-0.1, -0.05) is 50.1 Å². The second-order valence-electron chi connectivity index (χ2n) is 8.56. The zero-order valence-electron chi connectivity index (χ0n) is 19.8. The molecule has 1 unspecified atom stereocenters. The SMILES string of the molecule is COC(=O)C(C)CN(Cc1ccccc1)C(=O)c1ccc(OC)c(S(=O)(=O)NC2CCCC2)c1. The molecule has 1 N–H and O–H groups in total. The number of hydrogen-bond acceptors (Lipinski definition) is 6. The van der Waals surface area contributed by atoms with Crippen LogP contribution in [0.4, 0.5) is 0 Å². The number of carbonyl (C=O) groups excluding carboxylic acids is 2.